The number of hydrogen-bond donors (Lipinski definition) is 2. The SMILES string of the molecule is CCC(N)C(O)CC1CCCCC1. The summed E-state index contributed by atoms with van der Waals surface area (Å²) in [5.41, 5.74) is 5.78. The van der Waals surface area contributed by atoms with Crippen LogP contribution in [0.25, 0.3) is 0 Å². The van der Waals surface area contributed by atoms with Gasteiger partial charge in [0.05, 0.1) is 6.10 Å². The zero-order chi connectivity index (χ0) is 9.68. The predicted molar refractivity (Wildman–Crippen MR) is 55.5 cm³/mol. The highest BCUT2D eigenvalue weighted by Crippen LogP contribution is 2.27. The molecule has 0 saturated heterocycles. The third-order valence-corrected chi connectivity index (χ3v) is 3.27. The van der Waals surface area contributed by atoms with Crippen molar-refractivity contribution in [3.05, 3.63) is 0 Å². The Morgan fingerprint density at radius 1 is 1.31 bits per heavy atom. The Morgan fingerprint density at radius 2 is 1.92 bits per heavy atom. The summed E-state index contributed by atoms with van der Waals surface area (Å²) in [4.78, 5) is 0. The van der Waals surface area contributed by atoms with E-state index in [1.807, 2.05) is 6.92 Å². The van der Waals surface area contributed by atoms with E-state index in [-0.39, 0.29) is 12.1 Å². The van der Waals surface area contributed by atoms with Gasteiger partial charge in [-0.25, -0.2) is 0 Å². The lowest BCUT2D eigenvalue weighted by Crippen LogP contribution is -2.35. The third-order valence-electron chi connectivity index (χ3n) is 3.27. The average molecular weight is 185 g/mol. The summed E-state index contributed by atoms with van der Waals surface area (Å²) in [6, 6.07) is -0.0121. The molecule has 1 saturated carbocycles. The second kappa shape index (κ2) is 5.61. The highest BCUT2D eigenvalue weighted by molar-refractivity contribution is 4.75. The first-order chi connectivity index (χ1) is 6.24. The Kier molecular flexibility index (Phi) is 4.74. The molecule has 1 fully saturated rings. The Hall–Kier alpha value is -0.0800. The number of aliphatic hydroxyl groups is 1. The fourth-order valence-corrected chi connectivity index (χ4v) is 2.21. The van der Waals surface area contributed by atoms with Crippen LogP contribution in [0.1, 0.15) is 51.9 Å². The van der Waals surface area contributed by atoms with Crippen molar-refractivity contribution >= 4 is 0 Å². The van der Waals surface area contributed by atoms with Crippen LogP contribution in [0.15, 0.2) is 0 Å². The van der Waals surface area contributed by atoms with Crippen molar-refractivity contribution in [1.82, 2.24) is 0 Å². The Labute approximate surface area is 81.5 Å². The molecule has 0 aromatic carbocycles. The zero-order valence-electron chi connectivity index (χ0n) is 8.71. The van der Waals surface area contributed by atoms with Crippen molar-refractivity contribution in [3.8, 4) is 0 Å². The molecule has 3 N–H and O–H groups in total. The molecule has 2 atom stereocenters. The molecular weight excluding hydrogens is 162 g/mol. The van der Waals surface area contributed by atoms with Crippen LogP contribution < -0.4 is 5.73 Å². The van der Waals surface area contributed by atoms with Gasteiger partial charge in [0, 0.05) is 6.04 Å². The minimum Gasteiger partial charge on any atom is -0.392 e. The van der Waals surface area contributed by atoms with Gasteiger partial charge < -0.3 is 10.8 Å². The van der Waals surface area contributed by atoms with E-state index in [0.717, 1.165) is 18.8 Å². The maximum Gasteiger partial charge on any atom is 0.0693 e. The van der Waals surface area contributed by atoms with Gasteiger partial charge in [-0.2, -0.15) is 0 Å². The summed E-state index contributed by atoms with van der Waals surface area (Å²) >= 11 is 0. The fraction of sp³-hybridized carbons (Fsp3) is 1.00. The van der Waals surface area contributed by atoms with Crippen LogP contribution >= 0.6 is 0 Å². The molecule has 1 aliphatic carbocycles. The molecule has 1 rings (SSSR count). The van der Waals surface area contributed by atoms with Gasteiger partial charge in [0.25, 0.3) is 0 Å². The summed E-state index contributed by atoms with van der Waals surface area (Å²) in [6.07, 6.45) is 8.21. The van der Waals surface area contributed by atoms with Gasteiger partial charge in [-0.3, -0.25) is 0 Å². The van der Waals surface area contributed by atoms with Gasteiger partial charge in [-0.15, -0.1) is 0 Å². The molecule has 0 radical (unpaired) electrons. The highest BCUT2D eigenvalue weighted by Gasteiger charge is 2.20. The van der Waals surface area contributed by atoms with E-state index in [1.54, 1.807) is 0 Å². The number of rotatable bonds is 4. The normalized spacial score (nSPS) is 24.2. The monoisotopic (exact) mass is 185 g/mol. The van der Waals surface area contributed by atoms with E-state index in [2.05, 4.69) is 0 Å². The van der Waals surface area contributed by atoms with Gasteiger partial charge in [-0.1, -0.05) is 39.0 Å². The second-order valence-electron chi connectivity index (χ2n) is 4.38. The Balaban J connectivity index is 2.21. The zero-order valence-corrected chi connectivity index (χ0v) is 8.71. The molecule has 13 heavy (non-hydrogen) atoms. The van der Waals surface area contributed by atoms with Gasteiger partial charge >= 0.3 is 0 Å². The Bertz CT molecular complexity index is 132. The fourth-order valence-electron chi connectivity index (χ4n) is 2.21. The van der Waals surface area contributed by atoms with Gasteiger partial charge in [-0.05, 0) is 18.8 Å². The maximum atomic E-state index is 9.74. The van der Waals surface area contributed by atoms with Crippen molar-refractivity contribution in [2.45, 2.75) is 64.0 Å². The van der Waals surface area contributed by atoms with Crippen molar-refractivity contribution < 1.29 is 5.11 Å². The third kappa shape index (κ3) is 3.65. The first-order valence-corrected chi connectivity index (χ1v) is 5.67. The molecule has 0 amide bonds. The molecule has 0 aromatic rings. The van der Waals surface area contributed by atoms with E-state index in [1.165, 1.54) is 32.1 Å². The van der Waals surface area contributed by atoms with Crippen molar-refractivity contribution in [1.29, 1.82) is 0 Å². The predicted octanol–water partition coefficient (Wildman–Crippen LogP) is 2.05. The second-order valence-corrected chi connectivity index (χ2v) is 4.38. The summed E-state index contributed by atoms with van der Waals surface area (Å²) in [5, 5.41) is 9.74. The van der Waals surface area contributed by atoms with E-state index >= 15 is 0 Å². The Morgan fingerprint density at radius 3 is 2.46 bits per heavy atom. The molecule has 0 aliphatic heterocycles. The molecule has 0 bridgehead atoms. The maximum absolute atomic E-state index is 9.74. The number of hydrogen-bond acceptors (Lipinski definition) is 2. The lowest BCUT2D eigenvalue weighted by Gasteiger charge is -2.26. The van der Waals surface area contributed by atoms with E-state index in [4.69, 9.17) is 5.73 Å². The average Bonchev–Trinajstić information content (AvgIpc) is 2.18. The van der Waals surface area contributed by atoms with Gasteiger partial charge in [0.15, 0.2) is 0 Å². The van der Waals surface area contributed by atoms with Gasteiger partial charge in [0.1, 0.15) is 0 Å². The lowest BCUT2D eigenvalue weighted by atomic mass is 9.84. The van der Waals surface area contributed by atoms with Gasteiger partial charge in [0.2, 0.25) is 0 Å². The molecule has 78 valence electrons. The molecule has 0 heterocycles. The minimum atomic E-state index is -0.270. The largest absolute Gasteiger partial charge is 0.392 e. The van der Waals surface area contributed by atoms with Crippen LogP contribution in [-0.4, -0.2) is 17.3 Å². The molecular formula is C11H23NO. The van der Waals surface area contributed by atoms with E-state index in [0.29, 0.717) is 0 Å². The summed E-state index contributed by atoms with van der Waals surface area (Å²) in [5.74, 6) is 0.737. The van der Waals surface area contributed by atoms with Crippen molar-refractivity contribution in [2.75, 3.05) is 0 Å². The summed E-state index contributed by atoms with van der Waals surface area (Å²) in [7, 11) is 0. The van der Waals surface area contributed by atoms with E-state index in [9.17, 15) is 5.11 Å². The molecule has 1 aliphatic rings. The summed E-state index contributed by atoms with van der Waals surface area (Å²) < 4.78 is 0. The van der Waals surface area contributed by atoms with Crippen molar-refractivity contribution in [2.24, 2.45) is 11.7 Å². The minimum absolute atomic E-state index is 0.0121. The number of nitrogens with two attached hydrogens (primary N) is 1. The number of aliphatic hydroxyl groups excluding tert-OH is 1. The smallest absolute Gasteiger partial charge is 0.0693 e. The first kappa shape index (κ1) is 11.0. The topological polar surface area (TPSA) is 46.2 Å². The molecule has 0 aromatic heterocycles. The molecule has 2 heteroatoms. The van der Waals surface area contributed by atoms with Crippen LogP contribution in [0, 0.1) is 5.92 Å². The van der Waals surface area contributed by atoms with Crippen molar-refractivity contribution in [3.63, 3.8) is 0 Å². The first-order valence-electron chi connectivity index (χ1n) is 5.67. The molecule has 2 nitrogen and oxygen atoms in total. The van der Waals surface area contributed by atoms with Crippen LogP contribution in [-0.2, 0) is 0 Å². The van der Waals surface area contributed by atoms with Crippen LogP contribution in [0.2, 0.25) is 0 Å². The van der Waals surface area contributed by atoms with Crippen LogP contribution in [0.3, 0.4) is 0 Å². The molecule has 2 unspecified atom stereocenters. The molecule has 0 spiro atoms. The lowest BCUT2D eigenvalue weighted by molar-refractivity contribution is 0.104. The quantitative estimate of drug-likeness (QED) is 0.704. The van der Waals surface area contributed by atoms with E-state index < -0.39 is 0 Å². The highest BCUT2D eigenvalue weighted by atomic mass is 16.3. The van der Waals surface area contributed by atoms with Crippen LogP contribution in [0.4, 0.5) is 0 Å². The van der Waals surface area contributed by atoms with Crippen LogP contribution in [0.5, 0.6) is 0 Å². The summed E-state index contributed by atoms with van der Waals surface area (Å²) in [6.45, 7) is 2.04. The standard InChI is InChI=1S/C11H23NO/c1-2-10(12)11(13)8-9-6-4-3-5-7-9/h9-11,13H,2-8,12H2,1H3.